The average molecular weight is 518 g/mol. The number of aromatic nitrogens is 2. The van der Waals surface area contributed by atoms with Crippen molar-refractivity contribution in [2.24, 2.45) is 5.92 Å². The van der Waals surface area contributed by atoms with Crippen molar-refractivity contribution in [3.63, 3.8) is 0 Å². The molecular weight excluding hydrogens is 485 g/mol. The van der Waals surface area contributed by atoms with Crippen LogP contribution in [0.25, 0.3) is 11.0 Å². The van der Waals surface area contributed by atoms with Gasteiger partial charge in [0.25, 0.3) is 0 Å². The number of fused-ring (bicyclic) bond motifs is 1. The molecule has 0 aliphatic carbocycles. The zero-order valence-corrected chi connectivity index (χ0v) is 22.1. The first-order valence-corrected chi connectivity index (χ1v) is 13.0. The number of amides is 1. The quantitative estimate of drug-likeness (QED) is 0.328. The molecule has 4 rings (SSSR count). The molecule has 188 valence electrons. The predicted molar refractivity (Wildman–Crippen MR) is 140 cm³/mol. The lowest BCUT2D eigenvalue weighted by Crippen LogP contribution is -2.42. The summed E-state index contributed by atoms with van der Waals surface area (Å²) >= 11 is 12.6. The van der Waals surface area contributed by atoms with Crippen LogP contribution >= 0.6 is 23.2 Å². The third-order valence-corrected chi connectivity index (χ3v) is 6.76. The van der Waals surface area contributed by atoms with Crippen molar-refractivity contribution >= 4 is 40.3 Å². The Morgan fingerprint density at radius 3 is 2.60 bits per heavy atom. The maximum atomic E-state index is 12.5. The lowest BCUT2D eigenvalue weighted by atomic mass is 9.93. The van der Waals surface area contributed by atoms with Gasteiger partial charge >= 0.3 is 6.09 Å². The molecule has 0 N–H and O–H groups in total. The van der Waals surface area contributed by atoms with E-state index >= 15 is 0 Å². The molecule has 1 atom stereocenters. The number of para-hydroxylation sites is 3. The van der Waals surface area contributed by atoms with Gasteiger partial charge in [0, 0.05) is 19.6 Å². The van der Waals surface area contributed by atoms with Crippen molar-refractivity contribution in [3.8, 4) is 5.75 Å². The molecule has 2 heterocycles. The van der Waals surface area contributed by atoms with E-state index in [1.54, 1.807) is 18.2 Å². The standard InChI is InChI=1S/C27H33Cl2N3O3/c1-27(2,3)35-26(33)31-15-7-9-19(17-31)10-8-16-32-23-14-5-4-13-22(23)30-24(32)18-34-25-20(28)11-6-12-21(25)29/h4-6,11-14,19H,7-10,15-18H2,1-3H3. The van der Waals surface area contributed by atoms with Gasteiger partial charge in [-0.1, -0.05) is 41.4 Å². The van der Waals surface area contributed by atoms with Gasteiger partial charge in [0.1, 0.15) is 18.0 Å². The van der Waals surface area contributed by atoms with Crippen molar-refractivity contribution in [2.75, 3.05) is 13.1 Å². The summed E-state index contributed by atoms with van der Waals surface area (Å²) in [5.74, 6) is 1.77. The molecule has 1 amide bonds. The Labute approximate surface area is 217 Å². The molecule has 6 nitrogen and oxygen atoms in total. The molecule has 8 heteroatoms. The third kappa shape index (κ3) is 6.62. The number of nitrogens with zero attached hydrogens (tertiary/aromatic N) is 3. The second kappa shape index (κ2) is 11.1. The number of benzene rings is 2. The summed E-state index contributed by atoms with van der Waals surface area (Å²) in [6.45, 7) is 8.32. The molecule has 0 spiro atoms. The molecule has 1 aromatic heterocycles. The summed E-state index contributed by atoms with van der Waals surface area (Å²) in [4.78, 5) is 19.2. The van der Waals surface area contributed by atoms with Gasteiger partial charge in [-0.15, -0.1) is 0 Å². The molecule has 0 radical (unpaired) electrons. The average Bonchev–Trinajstić information content (AvgIpc) is 3.15. The van der Waals surface area contributed by atoms with E-state index in [9.17, 15) is 4.79 Å². The molecular formula is C27H33Cl2N3O3. The number of rotatable bonds is 7. The van der Waals surface area contributed by atoms with Crippen LogP contribution in [-0.4, -0.2) is 39.2 Å². The minimum absolute atomic E-state index is 0.208. The molecule has 0 saturated carbocycles. The van der Waals surface area contributed by atoms with Crippen molar-refractivity contribution < 1.29 is 14.3 Å². The smallest absolute Gasteiger partial charge is 0.410 e. The van der Waals surface area contributed by atoms with Gasteiger partial charge in [0.2, 0.25) is 0 Å². The van der Waals surface area contributed by atoms with E-state index in [1.807, 2.05) is 43.9 Å². The van der Waals surface area contributed by atoms with Gasteiger partial charge in [-0.25, -0.2) is 9.78 Å². The van der Waals surface area contributed by atoms with Crippen LogP contribution < -0.4 is 4.74 Å². The normalized spacial score (nSPS) is 16.5. The maximum Gasteiger partial charge on any atom is 0.410 e. The second-order valence-corrected chi connectivity index (χ2v) is 10.9. The topological polar surface area (TPSA) is 56.6 Å². The highest BCUT2D eigenvalue weighted by Crippen LogP contribution is 2.33. The number of ether oxygens (including phenoxy) is 2. The molecule has 1 saturated heterocycles. The van der Waals surface area contributed by atoms with Crippen molar-refractivity contribution in [2.45, 2.75) is 65.2 Å². The minimum Gasteiger partial charge on any atom is -0.483 e. The van der Waals surface area contributed by atoms with Gasteiger partial charge in [0.15, 0.2) is 5.75 Å². The van der Waals surface area contributed by atoms with Crippen molar-refractivity contribution in [1.82, 2.24) is 14.5 Å². The van der Waals surface area contributed by atoms with Crippen LogP contribution in [0.1, 0.15) is 52.3 Å². The lowest BCUT2D eigenvalue weighted by molar-refractivity contribution is 0.0160. The first-order chi connectivity index (χ1) is 16.7. The van der Waals surface area contributed by atoms with E-state index in [2.05, 4.69) is 10.6 Å². The number of halogens is 2. The SMILES string of the molecule is CC(C)(C)OC(=O)N1CCCC(CCCn2c(COc3c(Cl)cccc3Cl)nc3ccccc32)C1. The van der Waals surface area contributed by atoms with E-state index in [4.69, 9.17) is 37.7 Å². The summed E-state index contributed by atoms with van der Waals surface area (Å²) in [5, 5.41) is 0.957. The minimum atomic E-state index is -0.473. The fourth-order valence-corrected chi connectivity index (χ4v) is 5.08. The van der Waals surface area contributed by atoms with Crippen LogP contribution in [0.2, 0.25) is 10.0 Å². The lowest BCUT2D eigenvalue weighted by Gasteiger charge is -2.34. The van der Waals surface area contributed by atoms with Gasteiger partial charge in [0.05, 0.1) is 21.1 Å². The Hall–Kier alpha value is -2.44. The number of carbonyl (C=O) groups excluding carboxylic acids is 1. The number of likely N-dealkylation sites (tertiary alicyclic amines) is 1. The number of hydrogen-bond donors (Lipinski definition) is 0. The van der Waals surface area contributed by atoms with Crippen LogP contribution in [0.3, 0.4) is 0 Å². The summed E-state index contributed by atoms with van der Waals surface area (Å²) < 4.78 is 13.8. The van der Waals surface area contributed by atoms with E-state index in [0.717, 1.165) is 62.2 Å². The molecule has 2 aromatic carbocycles. The molecule has 1 unspecified atom stereocenters. The van der Waals surface area contributed by atoms with E-state index in [0.29, 0.717) is 21.7 Å². The Morgan fingerprint density at radius 2 is 1.86 bits per heavy atom. The molecule has 1 fully saturated rings. The summed E-state index contributed by atoms with van der Waals surface area (Å²) in [5.41, 5.74) is 1.54. The van der Waals surface area contributed by atoms with E-state index < -0.39 is 5.60 Å². The second-order valence-electron chi connectivity index (χ2n) is 10.1. The maximum absolute atomic E-state index is 12.5. The summed E-state index contributed by atoms with van der Waals surface area (Å²) in [7, 11) is 0. The Kier molecular flexibility index (Phi) is 8.12. The van der Waals surface area contributed by atoms with Crippen LogP contribution in [0.4, 0.5) is 4.79 Å². The highest BCUT2D eigenvalue weighted by molar-refractivity contribution is 6.37. The molecule has 1 aliphatic rings. The third-order valence-electron chi connectivity index (χ3n) is 6.16. The Morgan fingerprint density at radius 1 is 1.11 bits per heavy atom. The summed E-state index contributed by atoms with van der Waals surface area (Å²) in [6, 6.07) is 13.4. The fraction of sp³-hybridized carbons (Fsp3) is 0.481. The molecule has 1 aliphatic heterocycles. The Bertz CT molecular complexity index is 1150. The highest BCUT2D eigenvalue weighted by Gasteiger charge is 2.27. The van der Waals surface area contributed by atoms with E-state index in [-0.39, 0.29) is 12.7 Å². The number of imidazole rings is 1. The zero-order chi connectivity index (χ0) is 25.0. The number of aryl methyl sites for hydroxylation is 1. The van der Waals surface area contributed by atoms with Crippen LogP contribution in [0.15, 0.2) is 42.5 Å². The fourth-order valence-electron chi connectivity index (χ4n) is 4.57. The van der Waals surface area contributed by atoms with Crippen LogP contribution in [0.5, 0.6) is 5.75 Å². The number of hydrogen-bond acceptors (Lipinski definition) is 4. The Balaban J connectivity index is 1.40. The largest absolute Gasteiger partial charge is 0.483 e. The summed E-state index contributed by atoms with van der Waals surface area (Å²) in [6.07, 6.45) is 3.94. The van der Waals surface area contributed by atoms with Crippen molar-refractivity contribution in [3.05, 3.63) is 58.3 Å². The molecule has 3 aromatic rings. The van der Waals surface area contributed by atoms with Crippen molar-refractivity contribution in [1.29, 1.82) is 0 Å². The first-order valence-electron chi connectivity index (χ1n) is 12.2. The van der Waals surface area contributed by atoms with Gasteiger partial charge in [-0.05, 0) is 76.6 Å². The molecule has 35 heavy (non-hydrogen) atoms. The highest BCUT2D eigenvalue weighted by atomic mass is 35.5. The molecule has 0 bridgehead atoms. The van der Waals surface area contributed by atoms with Crippen LogP contribution in [0, 0.1) is 5.92 Å². The number of carbonyl (C=O) groups is 1. The predicted octanol–water partition coefficient (Wildman–Crippen LogP) is 7.35. The van der Waals surface area contributed by atoms with Crippen LogP contribution in [-0.2, 0) is 17.9 Å². The van der Waals surface area contributed by atoms with E-state index in [1.165, 1.54) is 0 Å². The zero-order valence-electron chi connectivity index (χ0n) is 20.6. The van der Waals surface area contributed by atoms with Gasteiger partial charge in [-0.2, -0.15) is 0 Å². The van der Waals surface area contributed by atoms with Gasteiger partial charge < -0.3 is 18.9 Å². The monoisotopic (exact) mass is 517 g/mol. The number of piperidine rings is 1. The first kappa shape index (κ1) is 25.6. The van der Waals surface area contributed by atoms with Gasteiger partial charge in [-0.3, -0.25) is 0 Å².